The van der Waals surface area contributed by atoms with Crippen LogP contribution in [0.25, 0.3) is 0 Å². The summed E-state index contributed by atoms with van der Waals surface area (Å²) >= 11 is 6.00. The van der Waals surface area contributed by atoms with E-state index in [2.05, 4.69) is 5.32 Å². The fourth-order valence-corrected chi connectivity index (χ4v) is 6.86. The minimum Gasteiger partial charge on any atom is -0.495 e. The molecule has 1 aliphatic rings. The summed E-state index contributed by atoms with van der Waals surface area (Å²) in [5, 5.41) is 3.03. The number of anilines is 2. The summed E-state index contributed by atoms with van der Waals surface area (Å²) in [5.74, 6) is -0.487. The molecule has 0 aromatic heterocycles. The number of carbonyl (C=O) groups is 1. The van der Waals surface area contributed by atoms with E-state index in [4.69, 9.17) is 21.1 Å². The van der Waals surface area contributed by atoms with Gasteiger partial charge in [0.05, 0.1) is 30.9 Å². The van der Waals surface area contributed by atoms with Crippen LogP contribution in [-0.4, -0.2) is 67.5 Å². The van der Waals surface area contributed by atoms with Gasteiger partial charge in [0, 0.05) is 36.4 Å². The van der Waals surface area contributed by atoms with Crippen molar-refractivity contribution in [3.8, 4) is 5.75 Å². The number of nitrogens with one attached hydrogen (secondary N) is 1. The van der Waals surface area contributed by atoms with Crippen molar-refractivity contribution in [3.63, 3.8) is 0 Å². The molecule has 1 saturated heterocycles. The predicted molar refractivity (Wildman–Crippen MR) is 144 cm³/mol. The molecule has 0 saturated carbocycles. The van der Waals surface area contributed by atoms with Gasteiger partial charge in [-0.05, 0) is 54.6 Å². The number of benzene rings is 3. The van der Waals surface area contributed by atoms with Gasteiger partial charge in [-0.2, -0.15) is 4.31 Å². The average molecular weight is 580 g/mol. The molecule has 4 rings (SSSR count). The molecule has 1 aliphatic heterocycles. The number of sulfonamides is 2. The number of carbonyl (C=O) groups excluding carboxylic acids is 1. The molecule has 0 unspecified atom stereocenters. The largest absolute Gasteiger partial charge is 0.495 e. The van der Waals surface area contributed by atoms with Crippen LogP contribution in [0.1, 0.15) is 10.4 Å². The number of morpholine rings is 1. The lowest BCUT2D eigenvalue weighted by Crippen LogP contribution is -2.40. The van der Waals surface area contributed by atoms with Crippen LogP contribution in [0.4, 0.5) is 11.4 Å². The molecule has 0 bridgehead atoms. The lowest BCUT2D eigenvalue weighted by atomic mass is 10.2. The van der Waals surface area contributed by atoms with Gasteiger partial charge in [0.1, 0.15) is 10.6 Å². The average Bonchev–Trinajstić information content (AvgIpc) is 2.93. The second kappa shape index (κ2) is 11.3. The Morgan fingerprint density at radius 1 is 1.00 bits per heavy atom. The van der Waals surface area contributed by atoms with Gasteiger partial charge in [0.25, 0.3) is 15.9 Å². The van der Waals surface area contributed by atoms with Crippen LogP contribution in [0.15, 0.2) is 76.5 Å². The smallest absolute Gasteiger partial charge is 0.264 e. The van der Waals surface area contributed by atoms with Gasteiger partial charge in [-0.3, -0.25) is 9.10 Å². The van der Waals surface area contributed by atoms with E-state index in [1.807, 2.05) is 0 Å². The SMILES string of the molecule is COc1ccc(NC(=O)c2cccc(S(=O)(=O)N(C)c3cccc(Cl)c3)c2)cc1S(=O)(=O)N1CCOCC1. The van der Waals surface area contributed by atoms with Crippen LogP contribution < -0.4 is 14.4 Å². The first-order valence-electron chi connectivity index (χ1n) is 11.5. The van der Waals surface area contributed by atoms with Gasteiger partial charge in [-0.25, -0.2) is 16.8 Å². The highest BCUT2D eigenvalue weighted by Crippen LogP contribution is 2.31. The molecule has 13 heteroatoms. The zero-order valence-electron chi connectivity index (χ0n) is 20.6. The summed E-state index contributed by atoms with van der Waals surface area (Å²) in [6.07, 6.45) is 0. The second-order valence-corrected chi connectivity index (χ2v) is 12.6. The van der Waals surface area contributed by atoms with E-state index in [0.29, 0.717) is 10.7 Å². The van der Waals surface area contributed by atoms with Crippen LogP contribution in [0.2, 0.25) is 5.02 Å². The number of amides is 1. The van der Waals surface area contributed by atoms with Gasteiger partial charge >= 0.3 is 0 Å². The molecule has 202 valence electrons. The fraction of sp³-hybridized carbons (Fsp3) is 0.240. The van der Waals surface area contributed by atoms with E-state index in [1.54, 1.807) is 18.2 Å². The first kappa shape index (κ1) is 27.9. The van der Waals surface area contributed by atoms with Crippen LogP contribution in [0.5, 0.6) is 5.75 Å². The van der Waals surface area contributed by atoms with E-state index >= 15 is 0 Å². The van der Waals surface area contributed by atoms with E-state index < -0.39 is 26.0 Å². The number of halogens is 1. The third-order valence-corrected chi connectivity index (χ3v) is 9.87. The molecular weight excluding hydrogens is 554 g/mol. The second-order valence-electron chi connectivity index (χ2n) is 8.32. The minimum atomic E-state index is -4.00. The zero-order chi connectivity index (χ0) is 27.5. The Balaban J connectivity index is 1.60. The van der Waals surface area contributed by atoms with Crippen LogP contribution >= 0.6 is 11.6 Å². The van der Waals surface area contributed by atoms with Crippen molar-refractivity contribution in [2.45, 2.75) is 9.79 Å². The predicted octanol–water partition coefficient (Wildman–Crippen LogP) is 3.45. The van der Waals surface area contributed by atoms with Crippen LogP contribution in [0.3, 0.4) is 0 Å². The molecule has 1 amide bonds. The number of methoxy groups -OCH3 is 1. The number of nitrogens with zero attached hydrogens (tertiary/aromatic N) is 2. The maximum atomic E-state index is 13.2. The third kappa shape index (κ3) is 5.79. The fourth-order valence-electron chi connectivity index (χ4n) is 3.85. The molecular formula is C25H26ClN3O7S2. The monoisotopic (exact) mass is 579 g/mol. The lowest BCUT2D eigenvalue weighted by molar-refractivity contribution is 0.0729. The van der Waals surface area contributed by atoms with Gasteiger partial charge < -0.3 is 14.8 Å². The molecule has 1 fully saturated rings. The molecule has 0 spiro atoms. The summed E-state index contributed by atoms with van der Waals surface area (Å²) in [4.78, 5) is 12.9. The molecule has 0 aliphatic carbocycles. The first-order valence-corrected chi connectivity index (χ1v) is 14.7. The Bertz CT molecular complexity index is 1560. The summed E-state index contributed by atoms with van der Waals surface area (Å²) < 4.78 is 65.7. The van der Waals surface area contributed by atoms with Crippen molar-refractivity contribution < 1.29 is 31.1 Å². The van der Waals surface area contributed by atoms with Crippen molar-refractivity contribution in [1.29, 1.82) is 0 Å². The Kier molecular flexibility index (Phi) is 8.28. The highest BCUT2D eigenvalue weighted by Gasteiger charge is 2.30. The molecule has 38 heavy (non-hydrogen) atoms. The van der Waals surface area contributed by atoms with Gasteiger partial charge in [-0.15, -0.1) is 0 Å². The van der Waals surface area contributed by atoms with Crippen LogP contribution in [-0.2, 0) is 24.8 Å². The van der Waals surface area contributed by atoms with Gasteiger partial charge in [0.2, 0.25) is 10.0 Å². The maximum absolute atomic E-state index is 13.2. The molecule has 1 N–H and O–H groups in total. The summed E-state index contributed by atoms with van der Waals surface area (Å²) in [7, 11) is -5.16. The topological polar surface area (TPSA) is 122 Å². The molecule has 0 radical (unpaired) electrons. The molecule has 3 aromatic carbocycles. The highest BCUT2D eigenvalue weighted by atomic mass is 35.5. The first-order chi connectivity index (χ1) is 18.0. The maximum Gasteiger partial charge on any atom is 0.264 e. The Morgan fingerprint density at radius 2 is 1.71 bits per heavy atom. The van der Waals surface area contributed by atoms with Crippen molar-refractivity contribution in [3.05, 3.63) is 77.3 Å². The van der Waals surface area contributed by atoms with E-state index in [9.17, 15) is 21.6 Å². The molecule has 3 aromatic rings. The Morgan fingerprint density at radius 3 is 2.39 bits per heavy atom. The number of rotatable bonds is 8. The normalized spacial score (nSPS) is 14.6. The number of ether oxygens (including phenoxy) is 2. The Hall–Kier alpha value is -3.16. The number of hydrogen-bond donors (Lipinski definition) is 1. The summed E-state index contributed by atoms with van der Waals surface area (Å²) in [6, 6.07) is 16.2. The van der Waals surface area contributed by atoms with Crippen molar-refractivity contribution in [2.75, 3.05) is 50.1 Å². The lowest BCUT2D eigenvalue weighted by Gasteiger charge is -2.26. The summed E-state index contributed by atoms with van der Waals surface area (Å²) in [5.41, 5.74) is 0.630. The van der Waals surface area contributed by atoms with Crippen molar-refractivity contribution in [2.24, 2.45) is 0 Å². The molecule has 0 atom stereocenters. The summed E-state index contributed by atoms with van der Waals surface area (Å²) in [6.45, 7) is 0.966. The van der Waals surface area contributed by atoms with E-state index in [0.717, 1.165) is 4.31 Å². The van der Waals surface area contributed by atoms with Crippen molar-refractivity contribution in [1.82, 2.24) is 4.31 Å². The van der Waals surface area contributed by atoms with Gasteiger partial charge in [0.15, 0.2) is 0 Å². The van der Waals surface area contributed by atoms with Crippen LogP contribution in [0, 0.1) is 0 Å². The highest BCUT2D eigenvalue weighted by molar-refractivity contribution is 7.92. The van der Waals surface area contributed by atoms with E-state index in [-0.39, 0.29) is 53.1 Å². The van der Waals surface area contributed by atoms with Crippen molar-refractivity contribution >= 4 is 48.9 Å². The molecule has 1 heterocycles. The quantitative estimate of drug-likeness (QED) is 0.434. The zero-order valence-corrected chi connectivity index (χ0v) is 23.0. The molecule has 10 nitrogen and oxygen atoms in total. The standard InChI is InChI=1S/C25H26ClN3O7S2/c1-28(21-7-4-6-19(26)16-21)37(31,32)22-8-3-5-18(15-22)25(30)27-20-9-10-23(35-2)24(17-20)38(33,34)29-11-13-36-14-12-29/h3-10,15-17H,11-14H2,1-2H3,(H,27,30). The van der Waals surface area contributed by atoms with E-state index in [1.165, 1.54) is 67.0 Å². The van der Waals surface area contributed by atoms with Gasteiger partial charge in [-0.1, -0.05) is 23.7 Å². The minimum absolute atomic E-state index is 0.0685. The Labute approximate surface area is 226 Å². The third-order valence-electron chi connectivity index (χ3n) is 5.94. The number of hydrogen-bond acceptors (Lipinski definition) is 7.